The number of ether oxygens (including phenoxy) is 1. The molecule has 0 aliphatic carbocycles. The number of carbonyl (C=O) groups excluding carboxylic acids is 1. The van der Waals surface area contributed by atoms with Crippen molar-refractivity contribution in [2.75, 3.05) is 13.7 Å². The highest BCUT2D eigenvalue weighted by molar-refractivity contribution is 5.98. The number of ketones is 1. The molecular weight excluding hydrogens is 194 g/mol. The summed E-state index contributed by atoms with van der Waals surface area (Å²) in [6.07, 6.45) is 5.39. The van der Waals surface area contributed by atoms with E-state index >= 15 is 0 Å². The van der Waals surface area contributed by atoms with Crippen LogP contribution in [0.2, 0.25) is 0 Å². The van der Waals surface area contributed by atoms with E-state index in [1.807, 2.05) is 0 Å². The van der Waals surface area contributed by atoms with Gasteiger partial charge in [0.1, 0.15) is 5.69 Å². The fourth-order valence-corrected chi connectivity index (χ4v) is 1.69. The largest absolute Gasteiger partial charge is 0.380 e. The Kier molecular flexibility index (Phi) is 3.03. The number of Topliss-reactive ketones (excluding diaryl/α,β-unsaturated/α-hetero) is 1. The van der Waals surface area contributed by atoms with Crippen molar-refractivity contribution < 1.29 is 9.53 Å². The van der Waals surface area contributed by atoms with Crippen LogP contribution in [-0.4, -0.2) is 41.6 Å². The molecule has 2 rings (SSSR count). The van der Waals surface area contributed by atoms with Crippen molar-refractivity contribution in [3.05, 3.63) is 24.3 Å². The number of aromatic nitrogens is 2. The van der Waals surface area contributed by atoms with E-state index in [2.05, 4.69) is 15.3 Å². The molecule has 5 nitrogen and oxygen atoms in total. The molecule has 0 bridgehead atoms. The van der Waals surface area contributed by atoms with Gasteiger partial charge < -0.3 is 10.1 Å². The number of hydrogen-bond acceptors (Lipinski definition) is 5. The maximum atomic E-state index is 11.9. The summed E-state index contributed by atoms with van der Waals surface area (Å²) in [5, 5.41) is 3.11. The Balaban J connectivity index is 2.04. The zero-order valence-corrected chi connectivity index (χ0v) is 8.51. The van der Waals surface area contributed by atoms with E-state index in [-0.39, 0.29) is 17.9 Å². The number of nitrogens with zero attached hydrogens (tertiary/aromatic N) is 2. The van der Waals surface area contributed by atoms with Crippen molar-refractivity contribution >= 4 is 5.78 Å². The molecule has 2 heterocycles. The van der Waals surface area contributed by atoms with E-state index in [4.69, 9.17) is 4.74 Å². The fraction of sp³-hybridized carbons (Fsp3) is 0.500. The van der Waals surface area contributed by atoms with Crippen LogP contribution in [0.3, 0.4) is 0 Å². The quantitative estimate of drug-likeness (QED) is 0.709. The van der Waals surface area contributed by atoms with Crippen LogP contribution >= 0.6 is 0 Å². The van der Waals surface area contributed by atoms with Crippen LogP contribution in [0.4, 0.5) is 0 Å². The molecular formula is C10H13N3O2. The van der Waals surface area contributed by atoms with Crippen molar-refractivity contribution in [3.8, 4) is 0 Å². The molecule has 1 aliphatic rings. The Bertz CT molecular complexity index is 342. The molecule has 1 fully saturated rings. The predicted octanol–water partition coefficient (Wildman–Crippen LogP) is 0.0362. The average Bonchev–Trinajstić information content (AvgIpc) is 2.78. The number of carbonyl (C=O) groups is 1. The van der Waals surface area contributed by atoms with Gasteiger partial charge in [-0.15, -0.1) is 0 Å². The lowest BCUT2D eigenvalue weighted by atomic mass is 10.1. The first kappa shape index (κ1) is 10.2. The van der Waals surface area contributed by atoms with Crippen LogP contribution in [0.25, 0.3) is 0 Å². The summed E-state index contributed by atoms with van der Waals surface area (Å²) in [7, 11) is 1.65. The number of nitrogens with one attached hydrogen (secondary N) is 1. The van der Waals surface area contributed by atoms with Gasteiger partial charge in [0.15, 0.2) is 5.78 Å². The third-order valence-electron chi connectivity index (χ3n) is 2.56. The van der Waals surface area contributed by atoms with E-state index in [0.717, 1.165) is 0 Å². The van der Waals surface area contributed by atoms with Crippen molar-refractivity contribution in [2.45, 2.75) is 18.6 Å². The molecule has 0 radical (unpaired) electrons. The summed E-state index contributed by atoms with van der Waals surface area (Å²) < 4.78 is 5.18. The molecule has 2 unspecified atom stereocenters. The Morgan fingerprint density at radius 1 is 1.60 bits per heavy atom. The van der Waals surface area contributed by atoms with Gasteiger partial charge in [-0.3, -0.25) is 9.78 Å². The minimum Gasteiger partial charge on any atom is -0.380 e. The van der Waals surface area contributed by atoms with Gasteiger partial charge in [-0.25, -0.2) is 4.98 Å². The summed E-state index contributed by atoms with van der Waals surface area (Å²) in [5.41, 5.74) is 0.409. The van der Waals surface area contributed by atoms with Gasteiger partial charge in [0.25, 0.3) is 0 Å². The van der Waals surface area contributed by atoms with Gasteiger partial charge in [-0.2, -0.15) is 0 Å². The Hall–Kier alpha value is -1.33. The fourth-order valence-electron chi connectivity index (χ4n) is 1.69. The first-order valence-electron chi connectivity index (χ1n) is 4.87. The topological polar surface area (TPSA) is 64.1 Å². The highest BCUT2D eigenvalue weighted by atomic mass is 16.5. The summed E-state index contributed by atoms with van der Waals surface area (Å²) in [6, 6.07) is -0.188. The number of methoxy groups -OCH3 is 1. The van der Waals surface area contributed by atoms with Crippen LogP contribution in [0.15, 0.2) is 18.6 Å². The first-order valence-corrected chi connectivity index (χ1v) is 4.87. The van der Waals surface area contributed by atoms with Crippen LogP contribution in [0.5, 0.6) is 0 Å². The lowest BCUT2D eigenvalue weighted by molar-refractivity contribution is 0.0914. The van der Waals surface area contributed by atoms with Gasteiger partial charge in [0, 0.05) is 26.0 Å². The molecule has 5 heteroatoms. The molecule has 1 saturated heterocycles. The highest BCUT2D eigenvalue weighted by Gasteiger charge is 2.30. The van der Waals surface area contributed by atoms with E-state index in [0.29, 0.717) is 18.7 Å². The maximum Gasteiger partial charge on any atom is 0.199 e. The lowest BCUT2D eigenvalue weighted by Gasteiger charge is -2.07. The molecule has 0 saturated carbocycles. The van der Waals surface area contributed by atoms with Crippen LogP contribution in [-0.2, 0) is 4.74 Å². The van der Waals surface area contributed by atoms with Crippen molar-refractivity contribution in [1.82, 2.24) is 15.3 Å². The molecule has 0 spiro atoms. The number of rotatable bonds is 3. The normalized spacial score (nSPS) is 25.4. The van der Waals surface area contributed by atoms with E-state index in [1.54, 1.807) is 13.3 Å². The SMILES string of the molecule is COC1CNC(C(=O)c2cnccn2)C1. The first-order chi connectivity index (χ1) is 7.31. The van der Waals surface area contributed by atoms with Crippen molar-refractivity contribution in [2.24, 2.45) is 0 Å². The van der Waals surface area contributed by atoms with Gasteiger partial charge in [-0.1, -0.05) is 0 Å². The molecule has 80 valence electrons. The van der Waals surface area contributed by atoms with Gasteiger partial charge in [-0.05, 0) is 6.42 Å². The molecule has 0 amide bonds. The number of hydrogen-bond donors (Lipinski definition) is 1. The average molecular weight is 207 g/mol. The Morgan fingerprint density at radius 2 is 2.47 bits per heavy atom. The lowest BCUT2D eigenvalue weighted by Crippen LogP contribution is -2.31. The summed E-state index contributed by atoms with van der Waals surface area (Å²) in [4.78, 5) is 19.7. The monoisotopic (exact) mass is 207 g/mol. The Morgan fingerprint density at radius 3 is 3.07 bits per heavy atom. The third kappa shape index (κ3) is 2.19. The molecule has 1 aliphatic heterocycles. The minimum atomic E-state index is -0.188. The zero-order valence-electron chi connectivity index (χ0n) is 8.51. The summed E-state index contributed by atoms with van der Waals surface area (Å²) in [6.45, 7) is 0.715. The second-order valence-electron chi connectivity index (χ2n) is 3.51. The molecule has 1 N–H and O–H groups in total. The van der Waals surface area contributed by atoms with Gasteiger partial charge in [0.2, 0.25) is 0 Å². The third-order valence-corrected chi connectivity index (χ3v) is 2.56. The zero-order chi connectivity index (χ0) is 10.7. The maximum absolute atomic E-state index is 11.9. The second kappa shape index (κ2) is 4.46. The molecule has 2 atom stereocenters. The summed E-state index contributed by atoms with van der Waals surface area (Å²) in [5.74, 6) is -0.0114. The molecule has 1 aromatic heterocycles. The molecule has 1 aromatic rings. The van der Waals surface area contributed by atoms with Crippen LogP contribution in [0.1, 0.15) is 16.9 Å². The second-order valence-corrected chi connectivity index (χ2v) is 3.51. The van der Waals surface area contributed by atoms with Crippen molar-refractivity contribution in [3.63, 3.8) is 0 Å². The van der Waals surface area contributed by atoms with Gasteiger partial charge in [0.05, 0.1) is 18.3 Å². The van der Waals surface area contributed by atoms with Crippen LogP contribution in [0, 0.1) is 0 Å². The van der Waals surface area contributed by atoms with E-state index in [9.17, 15) is 4.79 Å². The standard InChI is InChI=1S/C10H13N3O2/c1-15-7-4-8(13-5-7)10(14)9-6-11-2-3-12-9/h2-3,6-8,13H,4-5H2,1H3. The molecule has 15 heavy (non-hydrogen) atoms. The van der Waals surface area contributed by atoms with Crippen LogP contribution < -0.4 is 5.32 Å². The van der Waals surface area contributed by atoms with E-state index < -0.39 is 0 Å². The summed E-state index contributed by atoms with van der Waals surface area (Å²) >= 11 is 0. The highest BCUT2D eigenvalue weighted by Crippen LogP contribution is 2.12. The van der Waals surface area contributed by atoms with Crippen molar-refractivity contribution in [1.29, 1.82) is 0 Å². The predicted molar refractivity (Wildman–Crippen MR) is 53.6 cm³/mol. The molecule has 0 aromatic carbocycles. The van der Waals surface area contributed by atoms with Gasteiger partial charge >= 0.3 is 0 Å². The van der Waals surface area contributed by atoms with E-state index in [1.165, 1.54) is 12.4 Å². The smallest absolute Gasteiger partial charge is 0.199 e. The Labute approximate surface area is 87.9 Å². The minimum absolute atomic E-state index is 0.0114.